The van der Waals surface area contributed by atoms with Crippen LogP contribution in [0, 0.1) is 24.1 Å². The summed E-state index contributed by atoms with van der Waals surface area (Å²) in [4.78, 5) is 24.5. The van der Waals surface area contributed by atoms with Gasteiger partial charge in [-0.1, -0.05) is 30.3 Å². The number of nitrogens with one attached hydrogen (secondary N) is 2. The summed E-state index contributed by atoms with van der Waals surface area (Å²) in [5.74, 6) is -0.933. The quantitative estimate of drug-likeness (QED) is 0.421. The maximum Gasteiger partial charge on any atom is 0.266 e. The highest BCUT2D eigenvalue weighted by molar-refractivity contribution is 6.10. The van der Waals surface area contributed by atoms with Crippen LogP contribution in [-0.4, -0.2) is 18.4 Å². The van der Waals surface area contributed by atoms with E-state index in [9.17, 15) is 19.2 Å². The number of benzene rings is 3. The molecule has 0 aliphatic heterocycles. The lowest BCUT2D eigenvalue weighted by Gasteiger charge is -2.09. The molecule has 0 bridgehead atoms. The van der Waals surface area contributed by atoms with Gasteiger partial charge in [0, 0.05) is 11.4 Å². The molecule has 32 heavy (non-hydrogen) atoms. The van der Waals surface area contributed by atoms with Crippen molar-refractivity contribution in [3.05, 3.63) is 95.3 Å². The van der Waals surface area contributed by atoms with Gasteiger partial charge < -0.3 is 15.4 Å². The van der Waals surface area contributed by atoms with E-state index in [0.29, 0.717) is 22.7 Å². The Balaban J connectivity index is 1.63. The summed E-state index contributed by atoms with van der Waals surface area (Å²) in [6.07, 6.45) is 1.44. The van der Waals surface area contributed by atoms with E-state index in [1.54, 1.807) is 36.4 Å². The van der Waals surface area contributed by atoms with E-state index in [0.717, 1.165) is 5.56 Å². The fourth-order valence-corrected chi connectivity index (χ4v) is 2.79. The molecule has 0 aliphatic rings. The molecule has 3 aromatic rings. The second-order valence-electron chi connectivity index (χ2n) is 6.86. The van der Waals surface area contributed by atoms with Gasteiger partial charge in [-0.2, -0.15) is 5.26 Å². The highest BCUT2D eigenvalue weighted by Crippen LogP contribution is 2.18. The van der Waals surface area contributed by atoms with Crippen molar-refractivity contribution in [2.75, 3.05) is 17.2 Å². The van der Waals surface area contributed by atoms with Gasteiger partial charge in [-0.15, -0.1) is 0 Å². The van der Waals surface area contributed by atoms with E-state index in [1.807, 2.05) is 25.1 Å². The Morgan fingerprint density at radius 3 is 2.50 bits per heavy atom. The molecule has 3 rings (SSSR count). The van der Waals surface area contributed by atoms with Crippen LogP contribution in [0.1, 0.15) is 11.1 Å². The number of amides is 2. The van der Waals surface area contributed by atoms with Crippen molar-refractivity contribution in [1.82, 2.24) is 0 Å². The topological polar surface area (TPSA) is 91.2 Å². The molecule has 0 fully saturated rings. The Bertz CT molecular complexity index is 1200. The Kier molecular flexibility index (Phi) is 7.33. The Hall–Kier alpha value is -4.44. The van der Waals surface area contributed by atoms with Gasteiger partial charge in [0.15, 0.2) is 6.61 Å². The number of para-hydroxylation sites is 1. The van der Waals surface area contributed by atoms with Gasteiger partial charge in [-0.05, 0) is 66.6 Å². The number of ether oxygens (including phenoxy) is 1. The highest BCUT2D eigenvalue weighted by Gasteiger charge is 2.11. The van der Waals surface area contributed by atoms with Crippen molar-refractivity contribution in [3.63, 3.8) is 0 Å². The normalized spacial score (nSPS) is 10.7. The smallest absolute Gasteiger partial charge is 0.266 e. The van der Waals surface area contributed by atoms with E-state index in [-0.39, 0.29) is 12.2 Å². The third-order valence-corrected chi connectivity index (χ3v) is 4.43. The predicted octanol–water partition coefficient (Wildman–Crippen LogP) is 4.70. The molecule has 0 unspecified atom stereocenters. The summed E-state index contributed by atoms with van der Waals surface area (Å²) in [5.41, 5.74) is 2.46. The molecule has 0 atom stereocenters. The lowest BCUT2D eigenvalue weighted by Crippen LogP contribution is -2.20. The number of carbonyl (C=O) groups excluding carboxylic acids is 2. The molecule has 0 aromatic heterocycles. The number of halogens is 1. The molecule has 0 saturated carbocycles. The first kappa shape index (κ1) is 22.2. The van der Waals surface area contributed by atoms with Crippen molar-refractivity contribution in [1.29, 1.82) is 5.26 Å². The van der Waals surface area contributed by atoms with E-state index < -0.39 is 17.6 Å². The van der Waals surface area contributed by atoms with Crippen LogP contribution in [0.15, 0.2) is 78.4 Å². The first-order valence-electron chi connectivity index (χ1n) is 9.71. The predicted molar refractivity (Wildman–Crippen MR) is 120 cm³/mol. The van der Waals surface area contributed by atoms with E-state index in [2.05, 4.69) is 10.6 Å². The molecule has 7 heteroatoms. The summed E-state index contributed by atoms with van der Waals surface area (Å²) in [5, 5.41) is 14.7. The van der Waals surface area contributed by atoms with Crippen molar-refractivity contribution < 1.29 is 18.7 Å². The zero-order valence-electron chi connectivity index (χ0n) is 17.3. The van der Waals surface area contributed by atoms with E-state index in [1.165, 1.54) is 30.3 Å². The van der Waals surface area contributed by atoms with Crippen LogP contribution in [0.2, 0.25) is 0 Å². The minimum Gasteiger partial charge on any atom is -0.484 e. The lowest BCUT2D eigenvalue weighted by atomic mass is 10.1. The SMILES string of the molecule is Cc1ccccc1NC(=O)C(C#N)=Cc1cccc(OCC(=O)Nc2ccc(F)cc2)c1. The molecule has 2 amide bonds. The average Bonchev–Trinajstić information content (AvgIpc) is 2.79. The van der Waals surface area contributed by atoms with Crippen LogP contribution in [0.5, 0.6) is 5.75 Å². The Morgan fingerprint density at radius 2 is 1.78 bits per heavy atom. The zero-order chi connectivity index (χ0) is 22.9. The molecular formula is C25H20FN3O3. The third-order valence-electron chi connectivity index (χ3n) is 4.43. The van der Waals surface area contributed by atoms with Gasteiger partial charge in [0.25, 0.3) is 11.8 Å². The van der Waals surface area contributed by atoms with Crippen molar-refractivity contribution in [3.8, 4) is 11.8 Å². The number of rotatable bonds is 7. The van der Waals surface area contributed by atoms with E-state index >= 15 is 0 Å². The van der Waals surface area contributed by atoms with E-state index in [4.69, 9.17) is 4.74 Å². The van der Waals surface area contributed by atoms with Crippen LogP contribution in [0.4, 0.5) is 15.8 Å². The van der Waals surface area contributed by atoms with Gasteiger partial charge >= 0.3 is 0 Å². The molecule has 2 N–H and O–H groups in total. The Morgan fingerprint density at radius 1 is 1.03 bits per heavy atom. The summed E-state index contributed by atoms with van der Waals surface area (Å²) >= 11 is 0. The zero-order valence-corrected chi connectivity index (χ0v) is 17.3. The number of anilines is 2. The Labute approximate surface area is 185 Å². The van der Waals surface area contributed by atoms with Crippen LogP contribution in [-0.2, 0) is 9.59 Å². The van der Waals surface area contributed by atoms with Gasteiger partial charge in [-0.3, -0.25) is 9.59 Å². The molecular weight excluding hydrogens is 409 g/mol. The van der Waals surface area contributed by atoms with Gasteiger partial charge in [-0.25, -0.2) is 4.39 Å². The number of aryl methyl sites for hydroxylation is 1. The minimum atomic E-state index is -0.521. The standard InChI is InChI=1S/C25H20FN3O3/c1-17-5-2-3-8-23(17)29-25(31)19(15-27)13-18-6-4-7-22(14-18)32-16-24(30)28-21-11-9-20(26)10-12-21/h2-14H,16H2,1H3,(H,28,30)(H,29,31). The highest BCUT2D eigenvalue weighted by atomic mass is 19.1. The molecule has 0 saturated heterocycles. The summed E-state index contributed by atoms with van der Waals surface area (Å²) in [6, 6.07) is 21.2. The first-order chi connectivity index (χ1) is 15.4. The molecule has 0 spiro atoms. The lowest BCUT2D eigenvalue weighted by molar-refractivity contribution is -0.118. The first-order valence-corrected chi connectivity index (χ1v) is 9.71. The second kappa shape index (κ2) is 10.5. The second-order valence-corrected chi connectivity index (χ2v) is 6.86. The van der Waals surface area contributed by atoms with Gasteiger partial charge in [0.1, 0.15) is 23.2 Å². The number of nitriles is 1. The van der Waals surface area contributed by atoms with Gasteiger partial charge in [0.05, 0.1) is 0 Å². The minimum absolute atomic E-state index is 0.0699. The fraction of sp³-hybridized carbons (Fsp3) is 0.0800. The number of nitrogens with zero attached hydrogens (tertiary/aromatic N) is 1. The summed E-state index contributed by atoms with van der Waals surface area (Å²) in [7, 11) is 0. The van der Waals surface area contributed by atoms with Crippen molar-refractivity contribution in [2.24, 2.45) is 0 Å². The van der Waals surface area contributed by atoms with Crippen LogP contribution >= 0.6 is 0 Å². The van der Waals surface area contributed by atoms with Crippen molar-refractivity contribution in [2.45, 2.75) is 6.92 Å². The maximum atomic E-state index is 12.9. The third kappa shape index (κ3) is 6.28. The van der Waals surface area contributed by atoms with Gasteiger partial charge in [0.2, 0.25) is 0 Å². The molecule has 160 valence electrons. The largest absolute Gasteiger partial charge is 0.484 e. The van der Waals surface area contributed by atoms with Crippen LogP contribution < -0.4 is 15.4 Å². The number of hydrogen-bond donors (Lipinski definition) is 2. The van der Waals surface area contributed by atoms with Crippen LogP contribution in [0.25, 0.3) is 6.08 Å². The molecule has 0 aliphatic carbocycles. The molecule has 3 aromatic carbocycles. The summed E-state index contributed by atoms with van der Waals surface area (Å²) in [6.45, 7) is 1.60. The molecule has 0 radical (unpaired) electrons. The fourth-order valence-electron chi connectivity index (χ4n) is 2.79. The number of hydrogen-bond acceptors (Lipinski definition) is 4. The molecule has 0 heterocycles. The summed E-state index contributed by atoms with van der Waals surface area (Å²) < 4.78 is 18.4. The maximum absolute atomic E-state index is 12.9. The average molecular weight is 429 g/mol. The molecule has 6 nitrogen and oxygen atoms in total. The monoisotopic (exact) mass is 429 g/mol. The van der Waals surface area contributed by atoms with Crippen molar-refractivity contribution >= 4 is 29.3 Å². The number of carbonyl (C=O) groups is 2. The van der Waals surface area contributed by atoms with Crippen LogP contribution in [0.3, 0.4) is 0 Å².